The van der Waals surface area contributed by atoms with Crippen LogP contribution in [0.1, 0.15) is 22.3 Å². The Labute approximate surface area is 112 Å². The summed E-state index contributed by atoms with van der Waals surface area (Å²) < 4.78 is 25.6. The minimum Gasteiger partial charge on any atom is -0.298 e. The summed E-state index contributed by atoms with van der Waals surface area (Å²) in [5.41, 5.74) is 2.26. The quantitative estimate of drug-likeness (QED) is 0.739. The van der Waals surface area contributed by atoms with Gasteiger partial charge in [-0.2, -0.15) is 0 Å². The van der Waals surface area contributed by atoms with Crippen molar-refractivity contribution in [3.63, 3.8) is 0 Å². The standard InChI is InChI=1S/C14H9BrF2O/c15-13-7-11(5-6-12(13)14(16)17)10-3-1-9(8-18)2-4-10/h1-8,14H. The van der Waals surface area contributed by atoms with Gasteiger partial charge in [0.25, 0.3) is 6.43 Å². The first-order valence-corrected chi connectivity index (χ1v) is 6.04. The van der Waals surface area contributed by atoms with Crippen molar-refractivity contribution in [2.45, 2.75) is 6.43 Å². The molecular formula is C14H9BrF2O. The van der Waals surface area contributed by atoms with Gasteiger partial charge in [-0.25, -0.2) is 8.78 Å². The van der Waals surface area contributed by atoms with E-state index in [0.29, 0.717) is 10.0 Å². The molecule has 0 spiro atoms. The third-order valence-electron chi connectivity index (χ3n) is 2.62. The zero-order valence-electron chi connectivity index (χ0n) is 9.24. The average molecular weight is 311 g/mol. The molecule has 0 aromatic heterocycles. The molecule has 0 fully saturated rings. The van der Waals surface area contributed by atoms with E-state index in [2.05, 4.69) is 15.9 Å². The average Bonchev–Trinajstić information content (AvgIpc) is 2.38. The predicted molar refractivity (Wildman–Crippen MR) is 69.9 cm³/mol. The van der Waals surface area contributed by atoms with E-state index in [1.54, 1.807) is 36.4 Å². The molecule has 0 radical (unpaired) electrons. The normalized spacial score (nSPS) is 10.7. The first kappa shape index (κ1) is 12.9. The molecular weight excluding hydrogens is 302 g/mol. The van der Waals surface area contributed by atoms with E-state index in [-0.39, 0.29) is 5.56 Å². The van der Waals surface area contributed by atoms with Gasteiger partial charge in [-0.05, 0) is 17.2 Å². The Kier molecular flexibility index (Phi) is 3.87. The van der Waals surface area contributed by atoms with Crippen molar-refractivity contribution in [3.05, 3.63) is 58.1 Å². The maximum atomic E-state index is 12.6. The summed E-state index contributed by atoms with van der Waals surface area (Å²) in [6.45, 7) is 0. The number of carbonyl (C=O) groups is 1. The molecule has 1 nitrogen and oxygen atoms in total. The van der Waals surface area contributed by atoms with Crippen LogP contribution in [-0.4, -0.2) is 6.29 Å². The van der Waals surface area contributed by atoms with Crippen molar-refractivity contribution in [1.29, 1.82) is 0 Å². The van der Waals surface area contributed by atoms with Gasteiger partial charge >= 0.3 is 0 Å². The molecule has 2 rings (SSSR count). The zero-order chi connectivity index (χ0) is 13.1. The molecule has 18 heavy (non-hydrogen) atoms. The fourth-order valence-corrected chi connectivity index (χ4v) is 2.19. The molecule has 0 aliphatic heterocycles. The highest BCUT2D eigenvalue weighted by molar-refractivity contribution is 9.10. The molecule has 4 heteroatoms. The molecule has 92 valence electrons. The third-order valence-corrected chi connectivity index (χ3v) is 3.30. The van der Waals surface area contributed by atoms with E-state index in [1.807, 2.05) is 0 Å². The molecule has 0 saturated carbocycles. The number of rotatable bonds is 3. The van der Waals surface area contributed by atoms with Gasteiger partial charge < -0.3 is 0 Å². The molecule has 0 atom stereocenters. The maximum absolute atomic E-state index is 12.6. The summed E-state index contributed by atoms with van der Waals surface area (Å²) in [6.07, 6.45) is -1.73. The summed E-state index contributed by atoms with van der Waals surface area (Å²) in [7, 11) is 0. The number of benzene rings is 2. The molecule has 0 amide bonds. The Morgan fingerprint density at radius 2 is 1.61 bits per heavy atom. The SMILES string of the molecule is O=Cc1ccc(-c2ccc(C(F)F)c(Br)c2)cc1. The van der Waals surface area contributed by atoms with E-state index < -0.39 is 6.43 Å². The van der Waals surface area contributed by atoms with Gasteiger partial charge in [-0.15, -0.1) is 0 Å². The van der Waals surface area contributed by atoms with Crippen LogP contribution in [0.2, 0.25) is 0 Å². The topological polar surface area (TPSA) is 17.1 Å². The van der Waals surface area contributed by atoms with Crippen molar-refractivity contribution in [1.82, 2.24) is 0 Å². The largest absolute Gasteiger partial charge is 0.298 e. The van der Waals surface area contributed by atoms with Crippen LogP contribution < -0.4 is 0 Å². The summed E-state index contributed by atoms with van der Waals surface area (Å²) >= 11 is 3.14. The highest BCUT2D eigenvalue weighted by atomic mass is 79.9. The van der Waals surface area contributed by atoms with Crippen molar-refractivity contribution in [2.75, 3.05) is 0 Å². The minimum atomic E-state index is -2.49. The highest BCUT2D eigenvalue weighted by Gasteiger charge is 2.11. The molecule has 2 aromatic carbocycles. The number of aldehydes is 1. The van der Waals surface area contributed by atoms with Crippen LogP contribution in [-0.2, 0) is 0 Å². The van der Waals surface area contributed by atoms with Gasteiger partial charge in [-0.1, -0.05) is 52.3 Å². The van der Waals surface area contributed by atoms with Gasteiger partial charge in [0.1, 0.15) is 6.29 Å². The maximum Gasteiger partial charge on any atom is 0.264 e. The second kappa shape index (κ2) is 5.40. The van der Waals surface area contributed by atoms with Crippen LogP contribution >= 0.6 is 15.9 Å². The van der Waals surface area contributed by atoms with E-state index in [0.717, 1.165) is 17.4 Å². The van der Waals surface area contributed by atoms with Crippen LogP contribution in [0.5, 0.6) is 0 Å². The predicted octanol–water partition coefficient (Wildman–Crippen LogP) is 4.87. The Morgan fingerprint density at radius 3 is 2.11 bits per heavy atom. The first-order chi connectivity index (χ1) is 8.61. The van der Waals surface area contributed by atoms with Crippen LogP contribution in [0.25, 0.3) is 11.1 Å². The number of halogens is 3. The van der Waals surface area contributed by atoms with Crippen molar-refractivity contribution >= 4 is 22.2 Å². The zero-order valence-corrected chi connectivity index (χ0v) is 10.8. The smallest absolute Gasteiger partial charge is 0.264 e. The highest BCUT2D eigenvalue weighted by Crippen LogP contribution is 2.31. The van der Waals surface area contributed by atoms with Gasteiger partial charge in [-0.3, -0.25) is 4.79 Å². The van der Waals surface area contributed by atoms with E-state index in [1.165, 1.54) is 6.07 Å². The van der Waals surface area contributed by atoms with E-state index in [9.17, 15) is 13.6 Å². The van der Waals surface area contributed by atoms with Crippen LogP contribution in [0.15, 0.2) is 46.9 Å². The Hall–Kier alpha value is -1.55. The molecule has 0 N–H and O–H groups in total. The van der Waals surface area contributed by atoms with Gasteiger partial charge in [0.05, 0.1) is 0 Å². The number of hydrogen-bond acceptors (Lipinski definition) is 1. The molecule has 0 aliphatic rings. The Balaban J connectivity index is 2.38. The minimum absolute atomic E-state index is 0.0248. The third kappa shape index (κ3) is 2.64. The van der Waals surface area contributed by atoms with Gasteiger partial charge in [0, 0.05) is 15.6 Å². The lowest BCUT2D eigenvalue weighted by Gasteiger charge is -2.07. The lowest BCUT2D eigenvalue weighted by molar-refractivity contribution is 0.112. The molecule has 0 unspecified atom stereocenters. The van der Waals surface area contributed by atoms with Crippen LogP contribution in [0.4, 0.5) is 8.78 Å². The van der Waals surface area contributed by atoms with Crippen molar-refractivity contribution < 1.29 is 13.6 Å². The lowest BCUT2D eigenvalue weighted by atomic mass is 10.0. The molecule has 0 saturated heterocycles. The summed E-state index contributed by atoms with van der Waals surface area (Å²) in [4.78, 5) is 10.5. The lowest BCUT2D eigenvalue weighted by Crippen LogP contribution is -1.87. The van der Waals surface area contributed by atoms with Crippen molar-refractivity contribution in [3.8, 4) is 11.1 Å². The van der Waals surface area contributed by atoms with Gasteiger partial charge in [0.15, 0.2) is 0 Å². The molecule has 2 aromatic rings. The summed E-state index contributed by atoms with van der Waals surface area (Å²) in [5.74, 6) is 0. The first-order valence-electron chi connectivity index (χ1n) is 5.25. The summed E-state index contributed by atoms with van der Waals surface area (Å²) in [5, 5.41) is 0. The fraction of sp³-hybridized carbons (Fsp3) is 0.0714. The summed E-state index contributed by atoms with van der Waals surface area (Å²) in [6, 6.07) is 11.6. The second-order valence-electron chi connectivity index (χ2n) is 3.78. The van der Waals surface area contributed by atoms with E-state index in [4.69, 9.17) is 0 Å². The molecule has 0 aliphatic carbocycles. The van der Waals surface area contributed by atoms with Gasteiger partial charge in [0.2, 0.25) is 0 Å². The molecule has 0 bridgehead atoms. The van der Waals surface area contributed by atoms with Crippen LogP contribution in [0.3, 0.4) is 0 Å². The fourth-order valence-electron chi connectivity index (χ4n) is 1.64. The second-order valence-corrected chi connectivity index (χ2v) is 4.63. The number of alkyl halides is 2. The van der Waals surface area contributed by atoms with E-state index >= 15 is 0 Å². The monoisotopic (exact) mass is 310 g/mol. The van der Waals surface area contributed by atoms with Crippen LogP contribution in [0, 0.1) is 0 Å². The Morgan fingerprint density at radius 1 is 1.00 bits per heavy atom. The molecule has 0 heterocycles. The van der Waals surface area contributed by atoms with Crippen molar-refractivity contribution in [2.24, 2.45) is 0 Å². The Bertz CT molecular complexity index is 565. The number of hydrogen-bond donors (Lipinski definition) is 0. The number of carbonyl (C=O) groups excluding carboxylic acids is 1.